The number of thioether (sulfide) groups is 1. The lowest BCUT2D eigenvalue weighted by molar-refractivity contribution is -0.116. The van der Waals surface area contributed by atoms with E-state index in [0.29, 0.717) is 23.8 Å². The van der Waals surface area contributed by atoms with Crippen molar-refractivity contribution >= 4 is 34.6 Å². The Morgan fingerprint density at radius 2 is 1.83 bits per heavy atom. The number of carbonyl (C=O) groups is 1. The van der Waals surface area contributed by atoms with Crippen LogP contribution in [-0.4, -0.2) is 44.5 Å². The van der Waals surface area contributed by atoms with E-state index in [1.54, 1.807) is 51.3 Å². The second-order valence-corrected chi connectivity index (χ2v) is 7.27. The van der Waals surface area contributed by atoms with Crippen LogP contribution in [0.15, 0.2) is 53.6 Å². The molecule has 0 atom stereocenters. The van der Waals surface area contributed by atoms with E-state index in [4.69, 9.17) is 14.2 Å². The molecule has 0 aliphatic carbocycles. The molecule has 0 fully saturated rings. The Morgan fingerprint density at radius 3 is 2.52 bits per heavy atom. The summed E-state index contributed by atoms with van der Waals surface area (Å²) in [4.78, 5) is 16.6. The maximum Gasteiger partial charge on any atom is 0.244 e. The number of hydrogen-bond donors (Lipinski definition) is 2. The molecule has 2 N–H and O–H groups in total. The first-order chi connectivity index (χ1) is 14.2. The Balaban J connectivity index is 1.53. The molecule has 0 aliphatic rings. The first-order valence-corrected chi connectivity index (χ1v) is 10.1. The number of aromatic amines is 1. The van der Waals surface area contributed by atoms with Crippen LogP contribution in [0.5, 0.6) is 17.2 Å². The van der Waals surface area contributed by atoms with Gasteiger partial charge in [-0.3, -0.25) is 4.79 Å². The molecule has 0 radical (unpaired) electrons. The molecular formula is C22H24N2O4S. The summed E-state index contributed by atoms with van der Waals surface area (Å²) in [5, 5.41) is 4.10. The van der Waals surface area contributed by atoms with Gasteiger partial charge in [0.25, 0.3) is 0 Å². The quantitative estimate of drug-likeness (QED) is 0.314. The number of fused-ring (bicyclic) bond motifs is 1. The van der Waals surface area contributed by atoms with Gasteiger partial charge in [-0.2, -0.15) is 0 Å². The highest BCUT2D eigenvalue weighted by molar-refractivity contribution is 7.99. The summed E-state index contributed by atoms with van der Waals surface area (Å²) in [6.45, 7) is 0.572. The van der Waals surface area contributed by atoms with Crippen LogP contribution in [0.1, 0.15) is 5.56 Å². The molecule has 0 saturated carbocycles. The Labute approximate surface area is 174 Å². The number of H-pyrrole nitrogens is 1. The normalized spacial score (nSPS) is 11.0. The highest BCUT2D eigenvalue weighted by Gasteiger charge is 2.12. The molecule has 1 heterocycles. The van der Waals surface area contributed by atoms with Gasteiger partial charge in [-0.05, 0) is 29.8 Å². The van der Waals surface area contributed by atoms with Crippen LogP contribution in [0.3, 0.4) is 0 Å². The molecule has 0 bridgehead atoms. The molecule has 29 heavy (non-hydrogen) atoms. The standard InChI is InChI=1S/C22H24N2O4S/c1-26-18-12-15(13-19(27-2)22(18)28-3)8-9-21(25)23-10-11-29-20-14-24-17-7-5-4-6-16(17)20/h4-9,12-14,24H,10-11H2,1-3H3,(H,23,25). The zero-order valence-corrected chi connectivity index (χ0v) is 17.5. The molecule has 0 saturated heterocycles. The van der Waals surface area contributed by atoms with Gasteiger partial charge in [-0.1, -0.05) is 18.2 Å². The average molecular weight is 413 g/mol. The lowest BCUT2D eigenvalue weighted by atomic mass is 10.1. The smallest absolute Gasteiger partial charge is 0.244 e. The van der Waals surface area contributed by atoms with E-state index < -0.39 is 0 Å². The van der Waals surface area contributed by atoms with Crippen molar-refractivity contribution in [3.63, 3.8) is 0 Å². The van der Waals surface area contributed by atoms with E-state index in [1.807, 2.05) is 18.3 Å². The number of aromatic nitrogens is 1. The van der Waals surface area contributed by atoms with E-state index in [-0.39, 0.29) is 5.91 Å². The van der Waals surface area contributed by atoms with Gasteiger partial charge in [0.15, 0.2) is 11.5 Å². The monoisotopic (exact) mass is 412 g/mol. The second kappa shape index (κ2) is 9.93. The number of benzene rings is 2. The molecule has 7 heteroatoms. The van der Waals surface area contributed by atoms with Crippen molar-refractivity contribution in [3.05, 3.63) is 54.2 Å². The molecule has 1 aromatic heterocycles. The van der Waals surface area contributed by atoms with E-state index in [0.717, 1.165) is 16.8 Å². The summed E-state index contributed by atoms with van der Waals surface area (Å²) in [5.41, 5.74) is 1.90. The molecular weight excluding hydrogens is 388 g/mol. The molecule has 3 aromatic rings. The van der Waals surface area contributed by atoms with Gasteiger partial charge >= 0.3 is 0 Å². The maximum atomic E-state index is 12.1. The second-order valence-electron chi connectivity index (χ2n) is 6.13. The Kier molecular flexibility index (Phi) is 7.08. The predicted octanol–water partition coefficient (Wildman–Crippen LogP) is 4.12. The third-order valence-electron chi connectivity index (χ3n) is 4.32. The first kappa shape index (κ1) is 20.7. The van der Waals surface area contributed by atoms with Crippen molar-refractivity contribution < 1.29 is 19.0 Å². The summed E-state index contributed by atoms with van der Waals surface area (Å²) in [7, 11) is 4.67. The first-order valence-electron chi connectivity index (χ1n) is 9.11. The van der Waals surface area contributed by atoms with Crippen molar-refractivity contribution in [1.29, 1.82) is 0 Å². The number of methoxy groups -OCH3 is 3. The van der Waals surface area contributed by atoms with Crippen molar-refractivity contribution in [2.75, 3.05) is 33.6 Å². The van der Waals surface area contributed by atoms with Gasteiger partial charge in [-0.25, -0.2) is 0 Å². The van der Waals surface area contributed by atoms with Crippen LogP contribution < -0.4 is 19.5 Å². The van der Waals surface area contributed by atoms with E-state index >= 15 is 0 Å². The number of hydrogen-bond acceptors (Lipinski definition) is 5. The van der Waals surface area contributed by atoms with Crippen LogP contribution in [0.4, 0.5) is 0 Å². The van der Waals surface area contributed by atoms with Crippen LogP contribution in [0, 0.1) is 0 Å². The van der Waals surface area contributed by atoms with E-state index in [2.05, 4.69) is 22.4 Å². The largest absolute Gasteiger partial charge is 0.493 e. The van der Waals surface area contributed by atoms with E-state index in [9.17, 15) is 4.79 Å². The van der Waals surface area contributed by atoms with Crippen molar-refractivity contribution in [2.24, 2.45) is 0 Å². The zero-order valence-electron chi connectivity index (χ0n) is 16.7. The highest BCUT2D eigenvalue weighted by Crippen LogP contribution is 2.38. The van der Waals surface area contributed by atoms with E-state index in [1.165, 1.54) is 16.4 Å². The highest BCUT2D eigenvalue weighted by atomic mass is 32.2. The number of rotatable bonds is 9. The number of para-hydroxylation sites is 1. The third-order valence-corrected chi connectivity index (χ3v) is 5.38. The van der Waals surface area contributed by atoms with Gasteiger partial charge in [0.1, 0.15) is 0 Å². The Morgan fingerprint density at radius 1 is 1.10 bits per heavy atom. The van der Waals surface area contributed by atoms with Gasteiger partial charge in [0, 0.05) is 40.4 Å². The molecule has 0 aliphatic heterocycles. The summed E-state index contributed by atoms with van der Waals surface area (Å²) < 4.78 is 16.0. The zero-order chi connectivity index (χ0) is 20.6. The fraction of sp³-hybridized carbons (Fsp3) is 0.227. The van der Waals surface area contributed by atoms with Crippen LogP contribution in [-0.2, 0) is 4.79 Å². The number of ether oxygens (including phenoxy) is 3. The SMILES string of the molecule is COc1cc(C=CC(=O)NCCSc2c[nH]c3ccccc23)cc(OC)c1OC. The molecule has 1 amide bonds. The summed E-state index contributed by atoms with van der Waals surface area (Å²) >= 11 is 1.71. The molecule has 152 valence electrons. The summed E-state index contributed by atoms with van der Waals surface area (Å²) in [6.07, 6.45) is 5.21. The topological polar surface area (TPSA) is 72.6 Å². The van der Waals surface area contributed by atoms with Crippen molar-refractivity contribution in [2.45, 2.75) is 4.90 Å². The Bertz CT molecular complexity index is 988. The average Bonchev–Trinajstić information content (AvgIpc) is 3.17. The van der Waals surface area contributed by atoms with Crippen molar-refractivity contribution in [3.8, 4) is 17.2 Å². The Hall–Kier alpha value is -3.06. The fourth-order valence-corrected chi connectivity index (χ4v) is 3.83. The minimum absolute atomic E-state index is 0.154. The minimum atomic E-state index is -0.154. The number of amides is 1. The maximum absolute atomic E-state index is 12.1. The van der Waals surface area contributed by atoms with Gasteiger partial charge in [0.2, 0.25) is 11.7 Å². The minimum Gasteiger partial charge on any atom is -0.493 e. The van der Waals surface area contributed by atoms with Gasteiger partial charge < -0.3 is 24.5 Å². The lowest BCUT2D eigenvalue weighted by Crippen LogP contribution is -2.23. The van der Waals surface area contributed by atoms with Gasteiger partial charge in [-0.15, -0.1) is 11.8 Å². The summed E-state index contributed by atoms with van der Waals surface area (Å²) in [5.74, 6) is 2.24. The molecule has 0 unspecified atom stereocenters. The molecule has 3 rings (SSSR count). The van der Waals surface area contributed by atoms with Crippen LogP contribution in [0.25, 0.3) is 17.0 Å². The summed E-state index contributed by atoms with van der Waals surface area (Å²) in [6, 6.07) is 11.8. The van der Waals surface area contributed by atoms with Crippen LogP contribution >= 0.6 is 11.8 Å². The fourth-order valence-electron chi connectivity index (χ4n) is 2.93. The number of nitrogens with one attached hydrogen (secondary N) is 2. The molecule has 6 nitrogen and oxygen atoms in total. The lowest BCUT2D eigenvalue weighted by Gasteiger charge is -2.12. The predicted molar refractivity (Wildman–Crippen MR) is 117 cm³/mol. The molecule has 2 aromatic carbocycles. The third kappa shape index (κ3) is 5.06. The molecule has 0 spiro atoms. The van der Waals surface area contributed by atoms with Gasteiger partial charge in [0.05, 0.1) is 21.3 Å². The van der Waals surface area contributed by atoms with Crippen molar-refractivity contribution in [1.82, 2.24) is 10.3 Å². The van der Waals surface area contributed by atoms with Crippen LogP contribution in [0.2, 0.25) is 0 Å². The number of carbonyl (C=O) groups excluding carboxylic acids is 1.